The fourth-order valence-corrected chi connectivity index (χ4v) is 5.32. The summed E-state index contributed by atoms with van der Waals surface area (Å²) in [7, 11) is -4.34. The van der Waals surface area contributed by atoms with Gasteiger partial charge in [-0.2, -0.15) is 0 Å². The maximum Gasteiger partial charge on any atom is 0.293 e. The third kappa shape index (κ3) is 6.75. The number of anilines is 1. The van der Waals surface area contributed by atoms with Gasteiger partial charge in [-0.1, -0.05) is 60.7 Å². The first-order valence-electron chi connectivity index (χ1n) is 11.3. The molecule has 2 N–H and O–H groups in total. The molecular formula is C27H23N3O5S2. The van der Waals surface area contributed by atoms with Crippen LogP contribution < -0.4 is 10.0 Å². The van der Waals surface area contributed by atoms with E-state index in [1.165, 1.54) is 24.3 Å². The van der Waals surface area contributed by atoms with Gasteiger partial charge in [-0.15, -0.1) is 11.8 Å². The van der Waals surface area contributed by atoms with E-state index < -0.39 is 26.5 Å². The monoisotopic (exact) mass is 533 g/mol. The summed E-state index contributed by atoms with van der Waals surface area (Å²) in [4.78, 5) is 24.3. The number of sulfonamides is 1. The lowest BCUT2D eigenvalue weighted by molar-refractivity contribution is -0.384. The van der Waals surface area contributed by atoms with Gasteiger partial charge in [-0.05, 0) is 47.5 Å². The highest BCUT2D eigenvalue weighted by Gasteiger charge is 2.23. The molecule has 8 nitrogen and oxygen atoms in total. The molecule has 0 aromatic heterocycles. The van der Waals surface area contributed by atoms with Gasteiger partial charge in [0.25, 0.3) is 21.6 Å². The van der Waals surface area contributed by atoms with E-state index in [1.54, 1.807) is 23.9 Å². The van der Waals surface area contributed by atoms with E-state index in [4.69, 9.17) is 0 Å². The van der Waals surface area contributed by atoms with Crippen LogP contribution in [0.5, 0.6) is 0 Å². The molecule has 0 aliphatic heterocycles. The molecule has 0 bridgehead atoms. The summed E-state index contributed by atoms with van der Waals surface area (Å²) in [6.45, 7) is 0.433. The molecule has 0 unspecified atom stereocenters. The lowest BCUT2D eigenvalue weighted by Gasteiger charge is -2.11. The van der Waals surface area contributed by atoms with Crippen LogP contribution in [0.4, 0.5) is 11.4 Å². The van der Waals surface area contributed by atoms with Gasteiger partial charge in [0.05, 0.1) is 9.82 Å². The molecule has 0 aliphatic carbocycles. The zero-order chi connectivity index (χ0) is 26.3. The Balaban J connectivity index is 1.43. The number of carbonyl (C=O) groups excluding carboxylic acids is 1. The molecule has 4 rings (SSSR count). The number of hydrogen-bond donors (Lipinski definition) is 2. The van der Waals surface area contributed by atoms with E-state index in [9.17, 15) is 23.3 Å². The summed E-state index contributed by atoms with van der Waals surface area (Å²) in [6.07, 6.45) is 0. The number of thioether (sulfide) groups is 1. The lowest BCUT2D eigenvalue weighted by Crippen LogP contribution is -2.30. The zero-order valence-corrected chi connectivity index (χ0v) is 21.2. The van der Waals surface area contributed by atoms with Crippen molar-refractivity contribution in [1.29, 1.82) is 0 Å². The SMILES string of the molecule is O=C(NS(=O)(=O)c1ccc(NCCSc2ccccc2)c([N+](=O)[O-])c1)c1ccc(-c2ccccc2)cc1. The quantitative estimate of drug-likeness (QED) is 0.118. The van der Waals surface area contributed by atoms with Crippen LogP contribution in [0.1, 0.15) is 10.4 Å². The van der Waals surface area contributed by atoms with Crippen molar-refractivity contribution in [3.8, 4) is 11.1 Å². The first-order chi connectivity index (χ1) is 17.8. The summed E-state index contributed by atoms with van der Waals surface area (Å²) < 4.78 is 27.6. The fourth-order valence-electron chi connectivity index (χ4n) is 3.53. The Labute approximate surface area is 218 Å². The second-order valence-corrected chi connectivity index (χ2v) is 10.8. The Bertz CT molecular complexity index is 1490. The minimum atomic E-state index is -4.34. The van der Waals surface area contributed by atoms with Gasteiger partial charge in [-0.3, -0.25) is 14.9 Å². The van der Waals surface area contributed by atoms with Crippen molar-refractivity contribution in [2.75, 3.05) is 17.6 Å². The first kappa shape index (κ1) is 25.9. The van der Waals surface area contributed by atoms with Gasteiger partial charge in [0.2, 0.25) is 0 Å². The number of amides is 1. The van der Waals surface area contributed by atoms with Crippen LogP contribution in [0, 0.1) is 10.1 Å². The maximum atomic E-state index is 12.8. The van der Waals surface area contributed by atoms with Crippen LogP contribution in [0.15, 0.2) is 113 Å². The highest BCUT2D eigenvalue weighted by Crippen LogP contribution is 2.28. The van der Waals surface area contributed by atoms with E-state index >= 15 is 0 Å². The van der Waals surface area contributed by atoms with Crippen molar-refractivity contribution >= 4 is 39.1 Å². The van der Waals surface area contributed by atoms with Crippen molar-refractivity contribution in [3.05, 3.63) is 119 Å². The average Bonchev–Trinajstić information content (AvgIpc) is 2.92. The molecule has 0 fully saturated rings. The summed E-state index contributed by atoms with van der Waals surface area (Å²) in [5.41, 5.74) is 1.78. The second-order valence-electron chi connectivity index (χ2n) is 7.90. The number of nitro groups is 1. The van der Waals surface area contributed by atoms with E-state index in [0.29, 0.717) is 12.3 Å². The number of nitrogens with one attached hydrogen (secondary N) is 2. The number of benzene rings is 4. The van der Waals surface area contributed by atoms with Crippen molar-refractivity contribution in [2.24, 2.45) is 0 Å². The second kappa shape index (κ2) is 11.7. The molecule has 4 aromatic rings. The topological polar surface area (TPSA) is 118 Å². The Hall–Kier alpha value is -4.15. The molecule has 4 aromatic carbocycles. The van der Waals surface area contributed by atoms with Crippen molar-refractivity contribution < 1.29 is 18.1 Å². The highest BCUT2D eigenvalue weighted by molar-refractivity contribution is 7.99. The predicted octanol–water partition coefficient (Wildman–Crippen LogP) is 5.58. The Morgan fingerprint density at radius 2 is 1.46 bits per heavy atom. The third-order valence-corrected chi connectivity index (χ3v) is 7.73. The molecule has 0 radical (unpaired) electrons. The smallest absolute Gasteiger partial charge is 0.293 e. The Morgan fingerprint density at radius 1 is 0.838 bits per heavy atom. The maximum absolute atomic E-state index is 12.8. The summed E-state index contributed by atoms with van der Waals surface area (Å²) in [5.74, 6) is -0.178. The molecule has 0 heterocycles. The van der Waals surface area contributed by atoms with E-state index in [1.807, 2.05) is 65.4 Å². The normalized spacial score (nSPS) is 11.0. The van der Waals surface area contributed by atoms with Gasteiger partial charge >= 0.3 is 0 Å². The molecule has 0 saturated heterocycles. The molecule has 37 heavy (non-hydrogen) atoms. The molecule has 1 amide bonds. The average molecular weight is 534 g/mol. The van der Waals surface area contributed by atoms with Gasteiger partial charge in [0, 0.05) is 28.8 Å². The molecule has 10 heteroatoms. The summed E-state index contributed by atoms with van der Waals surface area (Å²) >= 11 is 1.59. The van der Waals surface area contributed by atoms with Crippen LogP contribution in [0.25, 0.3) is 11.1 Å². The Kier molecular flexibility index (Phi) is 8.22. The zero-order valence-electron chi connectivity index (χ0n) is 19.5. The number of nitro benzene ring substituents is 1. The number of hydrogen-bond acceptors (Lipinski definition) is 7. The molecule has 0 atom stereocenters. The van der Waals surface area contributed by atoms with Crippen LogP contribution >= 0.6 is 11.8 Å². The summed E-state index contributed by atoms with van der Waals surface area (Å²) in [6, 6.07) is 29.3. The standard InChI is InChI=1S/C27H23N3O5S2/c31-27(22-13-11-21(12-14-22)20-7-3-1-4-8-20)29-37(34,35)24-15-16-25(26(19-24)30(32)33)28-17-18-36-23-9-5-2-6-10-23/h1-16,19,28H,17-18H2,(H,29,31). The minimum Gasteiger partial charge on any atom is -0.379 e. The molecule has 0 spiro atoms. The van der Waals surface area contributed by atoms with Crippen LogP contribution in [0.2, 0.25) is 0 Å². The van der Waals surface area contributed by atoms with Crippen LogP contribution in [-0.2, 0) is 10.0 Å². The Morgan fingerprint density at radius 3 is 2.11 bits per heavy atom. The first-order valence-corrected chi connectivity index (χ1v) is 13.7. The van der Waals surface area contributed by atoms with Crippen LogP contribution in [0.3, 0.4) is 0 Å². The number of rotatable bonds is 10. The predicted molar refractivity (Wildman–Crippen MR) is 145 cm³/mol. The van der Waals surface area contributed by atoms with Crippen molar-refractivity contribution in [3.63, 3.8) is 0 Å². The van der Waals surface area contributed by atoms with Crippen molar-refractivity contribution in [1.82, 2.24) is 4.72 Å². The molecule has 0 saturated carbocycles. The van der Waals surface area contributed by atoms with E-state index in [-0.39, 0.29) is 16.1 Å². The largest absolute Gasteiger partial charge is 0.379 e. The van der Waals surface area contributed by atoms with Gasteiger partial charge < -0.3 is 5.32 Å². The van der Waals surface area contributed by atoms with E-state index in [2.05, 4.69) is 5.32 Å². The lowest BCUT2D eigenvalue weighted by atomic mass is 10.0. The molecule has 188 valence electrons. The van der Waals surface area contributed by atoms with Crippen LogP contribution in [-0.4, -0.2) is 31.5 Å². The highest BCUT2D eigenvalue weighted by atomic mass is 32.2. The molecular weight excluding hydrogens is 510 g/mol. The molecule has 0 aliphatic rings. The number of carbonyl (C=O) groups is 1. The van der Waals surface area contributed by atoms with Gasteiger partial charge in [0.1, 0.15) is 5.69 Å². The van der Waals surface area contributed by atoms with Crippen molar-refractivity contribution in [2.45, 2.75) is 9.79 Å². The van der Waals surface area contributed by atoms with E-state index in [0.717, 1.165) is 22.1 Å². The number of nitrogens with zero attached hydrogens (tertiary/aromatic N) is 1. The minimum absolute atomic E-state index is 0.145. The summed E-state index contributed by atoms with van der Waals surface area (Å²) in [5, 5.41) is 14.6. The third-order valence-electron chi connectivity index (χ3n) is 5.39. The fraction of sp³-hybridized carbons (Fsp3) is 0.0741. The van der Waals surface area contributed by atoms with Gasteiger partial charge in [0.15, 0.2) is 0 Å². The van der Waals surface area contributed by atoms with Gasteiger partial charge in [-0.25, -0.2) is 13.1 Å².